The van der Waals surface area contributed by atoms with Gasteiger partial charge in [0.15, 0.2) is 0 Å². The standard InChI is InChI=1S/C7H10N2O3S/c1-4-2-5(8)7(9)6(3-4)13(10,11)12/h2-3H,8-9H2,1H3,(H,10,11,12). The van der Waals surface area contributed by atoms with E-state index in [0.29, 0.717) is 5.56 Å². The van der Waals surface area contributed by atoms with Gasteiger partial charge in [-0.05, 0) is 24.6 Å². The summed E-state index contributed by atoms with van der Waals surface area (Å²) in [5.41, 5.74) is 11.4. The van der Waals surface area contributed by atoms with Gasteiger partial charge >= 0.3 is 0 Å². The molecule has 0 saturated carbocycles. The molecule has 0 radical (unpaired) electrons. The van der Waals surface area contributed by atoms with Crippen molar-refractivity contribution in [3.05, 3.63) is 17.7 Å². The van der Waals surface area contributed by atoms with Crippen molar-refractivity contribution in [1.29, 1.82) is 0 Å². The Bertz CT molecular complexity index is 439. The van der Waals surface area contributed by atoms with Crippen molar-refractivity contribution in [2.75, 3.05) is 11.5 Å². The second kappa shape index (κ2) is 2.90. The van der Waals surface area contributed by atoms with Gasteiger partial charge in [-0.25, -0.2) is 0 Å². The van der Waals surface area contributed by atoms with Crippen LogP contribution >= 0.6 is 0 Å². The van der Waals surface area contributed by atoms with Crippen LogP contribution in [0.4, 0.5) is 11.4 Å². The van der Waals surface area contributed by atoms with Crippen LogP contribution in [0.15, 0.2) is 17.0 Å². The molecule has 0 heterocycles. The second-order valence-corrected chi connectivity index (χ2v) is 4.13. The average molecular weight is 202 g/mol. The lowest BCUT2D eigenvalue weighted by Crippen LogP contribution is -2.06. The second-order valence-electron chi connectivity index (χ2n) is 2.74. The first kappa shape index (κ1) is 9.82. The molecule has 5 N–H and O–H groups in total. The number of hydrogen-bond donors (Lipinski definition) is 3. The Morgan fingerprint density at radius 2 is 1.85 bits per heavy atom. The largest absolute Gasteiger partial charge is 0.397 e. The SMILES string of the molecule is Cc1cc(N)c(N)c(S(=O)(=O)O)c1. The van der Waals surface area contributed by atoms with Crippen LogP contribution in [-0.2, 0) is 10.1 Å². The maximum atomic E-state index is 10.8. The fourth-order valence-electron chi connectivity index (χ4n) is 1.00. The first-order chi connectivity index (χ1) is 5.82. The van der Waals surface area contributed by atoms with Crippen LogP contribution < -0.4 is 11.5 Å². The summed E-state index contributed by atoms with van der Waals surface area (Å²) in [4.78, 5) is -0.343. The van der Waals surface area contributed by atoms with Gasteiger partial charge in [-0.3, -0.25) is 4.55 Å². The van der Waals surface area contributed by atoms with Crippen molar-refractivity contribution >= 4 is 21.5 Å². The zero-order valence-electron chi connectivity index (χ0n) is 6.98. The number of benzene rings is 1. The Hall–Kier alpha value is -1.27. The summed E-state index contributed by atoms with van der Waals surface area (Å²) < 4.78 is 30.3. The first-order valence-corrected chi connectivity index (χ1v) is 4.89. The average Bonchev–Trinajstić information content (AvgIpc) is 1.94. The summed E-state index contributed by atoms with van der Waals surface area (Å²) in [6.07, 6.45) is 0. The molecule has 1 aromatic carbocycles. The summed E-state index contributed by atoms with van der Waals surface area (Å²) in [5.74, 6) is 0. The van der Waals surface area contributed by atoms with E-state index in [0.717, 1.165) is 0 Å². The van der Waals surface area contributed by atoms with Crippen LogP contribution in [0.1, 0.15) is 5.56 Å². The van der Waals surface area contributed by atoms with Gasteiger partial charge in [-0.15, -0.1) is 0 Å². The normalized spacial score (nSPS) is 11.5. The van der Waals surface area contributed by atoms with Crippen molar-refractivity contribution < 1.29 is 13.0 Å². The lowest BCUT2D eigenvalue weighted by Gasteiger charge is -2.06. The van der Waals surface area contributed by atoms with Gasteiger partial charge in [0.25, 0.3) is 10.1 Å². The minimum Gasteiger partial charge on any atom is -0.397 e. The monoisotopic (exact) mass is 202 g/mol. The van der Waals surface area contributed by atoms with Gasteiger partial charge in [0.2, 0.25) is 0 Å². The number of hydrogen-bond acceptors (Lipinski definition) is 4. The molecule has 0 unspecified atom stereocenters. The van der Waals surface area contributed by atoms with E-state index in [9.17, 15) is 8.42 Å². The molecule has 0 aromatic heterocycles. The molecule has 0 aliphatic rings. The number of nitrogen functional groups attached to an aromatic ring is 2. The molecule has 72 valence electrons. The number of rotatable bonds is 1. The van der Waals surface area contributed by atoms with Crippen LogP contribution in [-0.4, -0.2) is 13.0 Å². The van der Waals surface area contributed by atoms with E-state index in [4.69, 9.17) is 16.0 Å². The molecule has 13 heavy (non-hydrogen) atoms. The molecule has 0 bridgehead atoms. The minimum atomic E-state index is -4.28. The highest BCUT2D eigenvalue weighted by Gasteiger charge is 2.15. The van der Waals surface area contributed by atoms with Crippen molar-refractivity contribution in [2.24, 2.45) is 0 Å². The Morgan fingerprint density at radius 3 is 2.31 bits per heavy atom. The van der Waals surface area contributed by atoms with Crippen LogP contribution in [0, 0.1) is 6.92 Å². The summed E-state index contributed by atoms with van der Waals surface area (Å²) in [7, 11) is -4.28. The van der Waals surface area contributed by atoms with Crippen molar-refractivity contribution in [1.82, 2.24) is 0 Å². The molecule has 5 nitrogen and oxygen atoms in total. The van der Waals surface area contributed by atoms with Crippen molar-refractivity contribution in [2.45, 2.75) is 11.8 Å². The molecular formula is C7H10N2O3S. The predicted molar refractivity (Wildman–Crippen MR) is 49.8 cm³/mol. The maximum absolute atomic E-state index is 10.8. The summed E-state index contributed by atoms with van der Waals surface area (Å²) in [5, 5.41) is 0. The van der Waals surface area contributed by atoms with Gasteiger partial charge in [0.05, 0.1) is 11.4 Å². The van der Waals surface area contributed by atoms with E-state index in [1.807, 2.05) is 0 Å². The van der Waals surface area contributed by atoms with Crippen LogP contribution in [0.2, 0.25) is 0 Å². The van der Waals surface area contributed by atoms with Crippen molar-refractivity contribution in [3.8, 4) is 0 Å². The highest BCUT2D eigenvalue weighted by molar-refractivity contribution is 7.86. The maximum Gasteiger partial charge on any atom is 0.296 e. The molecule has 0 fully saturated rings. The van der Waals surface area contributed by atoms with Gasteiger partial charge in [0.1, 0.15) is 4.90 Å². The molecule has 1 aromatic rings. The fourth-order valence-corrected chi connectivity index (χ4v) is 1.74. The number of anilines is 2. The van der Waals surface area contributed by atoms with Crippen molar-refractivity contribution in [3.63, 3.8) is 0 Å². The highest BCUT2D eigenvalue weighted by Crippen LogP contribution is 2.25. The zero-order valence-corrected chi connectivity index (χ0v) is 7.80. The smallest absolute Gasteiger partial charge is 0.296 e. The van der Waals surface area contributed by atoms with E-state index >= 15 is 0 Å². The van der Waals surface area contributed by atoms with Crippen LogP contribution in [0.5, 0.6) is 0 Å². The third-order valence-corrected chi connectivity index (χ3v) is 2.49. The van der Waals surface area contributed by atoms with Crippen LogP contribution in [0.25, 0.3) is 0 Å². The van der Waals surface area contributed by atoms with E-state index in [-0.39, 0.29) is 16.3 Å². The minimum absolute atomic E-state index is 0.117. The number of aryl methyl sites for hydroxylation is 1. The van der Waals surface area contributed by atoms with Gasteiger partial charge in [-0.1, -0.05) is 0 Å². The third kappa shape index (κ3) is 1.90. The van der Waals surface area contributed by atoms with E-state index < -0.39 is 10.1 Å². The predicted octanol–water partition coefficient (Wildman–Crippen LogP) is 0.406. The quantitative estimate of drug-likeness (QED) is 0.451. The topological polar surface area (TPSA) is 106 Å². The summed E-state index contributed by atoms with van der Waals surface area (Å²) in [6.45, 7) is 1.66. The molecule has 0 aliphatic heterocycles. The third-order valence-electron chi connectivity index (χ3n) is 1.60. The molecule has 1 rings (SSSR count). The Morgan fingerprint density at radius 1 is 1.31 bits per heavy atom. The molecule has 0 aliphatic carbocycles. The van der Waals surface area contributed by atoms with Crippen LogP contribution in [0.3, 0.4) is 0 Å². The molecule has 0 amide bonds. The summed E-state index contributed by atoms with van der Waals surface area (Å²) in [6, 6.07) is 2.80. The molecule has 0 spiro atoms. The van der Waals surface area contributed by atoms with Gasteiger partial charge in [-0.2, -0.15) is 8.42 Å². The highest BCUT2D eigenvalue weighted by atomic mass is 32.2. The van der Waals surface area contributed by atoms with E-state index in [2.05, 4.69) is 0 Å². The molecular weight excluding hydrogens is 192 g/mol. The Kier molecular flexibility index (Phi) is 2.19. The first-order valence-electron chi connectivity index (χ1n) is 3.45. The molecule has 6 heteroatoms. The zero-order chi connectivity index (χ0) is 10.2. The Labute approximate surface area is 76.1 Å². The Balaban J connectivity index is 3.56. The van der Waals surface area contributed by atoms with E-state index in [1.165, 1.54) is 12.1 Å². The molecule has 0 atom stereocenters. The van der Waals surface area contributed by atoms with E-state index in [1.54, 1.807) is 6.92 Å². The summed E-state index contributed by atoms with van der Waals surface area (Å²) >= 11 is 0. The van der Waals surface area contributed by atoms with Gasteiger partial charge in [0, 0.05) is 0 Å². The lowest BCUT2D eigenvalue weighted by molar-refractivity contribution is 0.483. The number of nitrogens with two attached hydrogens (primary N) is 2. The lowest BCUT2D eigenvalue weighted by atomic mass is 10.2. The van der Waals surface area contributed by atoms with Gasteiger partial charge < -0.3 is 11.5 Å². The fraction of sp³-hybridized carbons (Fsp3) is 0.143. The molecule has 0 saturated heterocycles.